The van der Waals surface area contributed by atoms with Gasteiger partial charge in [-0.05, 0) is 30.0 Å². The predicted octanol–water partition coefficient (Wildman–Crippen LogP) is 4.87. The third-order valence-electron chi connectivity index (χ3n) is 6.00. The van der Waals surface area contributed by atoms with E-state index in [0.717, 1.165) is 5.56 Å². The molecule has 0 saturated carbocycles. The average Bonchev–Trinajstić information content (AvgIpc) is 3.54. The second kappa shape index (κ2) is 11.4. The quantitative estimate of drug-likeness (QED) is 0.218. The number of aliphatic hydroxyl groups is 1. The van der Waals surface area contributed by atoms with Crippen molar-refractivity contribution >= 4 is 39.6 Å². The van der Waals surface area contributed by atoms with Crippen molar-refractivity contribution < 1.29 is 28.6 Å². The summed E-state index contributed by atoms with van der Waals surface area (Å²) in [4.78, 5) is 21.9. The van der Waals surface area contributed by atoms with Gasteiger partial charge in [-0.2, -0.15) is 4.98 Å². The number of benzene rings is 2. The zero-order valence-corrected chi connectivity index (χ0v) is 24.1. The molecule has 0 aliphatic rings. The van der Waals surface area contributed by atoms with Crippen LogP contribution in [0.4, 0.5) is 22.3 Å². The second-order valence-electron chi connectivity index (χ2n) is 9.98. The fourth-order valence-electron chi connectivity index (χ4n) is 3.79. The highest BCUT2D eigenvalue weighted by Gasteiger charge is 2.29. The maximum Gasteiger partial charge on any atom is 0.272 e. The van der Waals surface area contributed by atoms with E-state index in [2.05, 4.69) is 25.8 Å². The van der Waals surface area contributed by atoms with Crippen LogP contribution in [0.25, 0.3) is 22.2 Å². The van der Waals surface area contributed by atoms with E-state index in [1.54, 1.807) is 45.0 Å². The number of nitrogen functional groups attached to an aromatic ring is 1. The maximum atomic E-state index is 12.5. The first-order valence-electron chi connectivity index (χ1n) is 12.2. The molecule has 0 radical (unpaired) electrons. The first-order chi connectivity index (χ1) is 18.9. The third kappa shape index (κ3) is 5.95. The smallest absolute Gasteiger partial charge is 0.272 e. The van der Waals surface area contributed by atoms with Crippen LogP contribution in [0.15, 0.2) is 34.9 Å². The Morgan fingerprint density at radius 3 is 2.33 bits per heavy atom. The van der Waals surface area contributed by atoms with Crippen molar-refractivity contribution in [1.29, 1.82) is 0 Å². The second-order valence-corrected chi connectivity index (χ2v) is 11.0. The van der Waals surface area contributed by atoms with Crippen LogP contribution in [0.2, 0.25) is 0 Å². The van der Waals surface area contributed by atoms with E-state index in [0.29, 0.717) is 50.0 Å². The number of nitrogens with two attached hydrogens (primary N) is 1. The molecule has 212 valence electrons. The van der Waals surface area contributed by atoms with Crippen LogP contribution in [-0.4, -0.2) is 53.6 Å². The van der Waals surface area contributed by atoms with E-state index in [-0.39, 0.29) is 11.7 Å². The molecule has 2 aromatic carbocycles. The van der Waals surface area contributed by atoms with Crippen LogP contribution < -0.4 is 30.6 Å². The molecule has 0 spiro atoms. The van der Waals surface area contributed by atoms with E-state index in [1.807, 2.05) is 13.0 Å². The number of nitrogens with one attached hydrogen (secondary N) is 2. The molecule has 13 heteroatoms. The average molecular weight is 569 g/mol. The predicted molar refractivity (Wildman–Crippen MR) is 153 cm³/mol. The number of methoxy groups -OCH3 is 3. The van der Waals surface area contributed by atoms with Crippen molar-refractivity contribution in [3.63, 3.8) is 0 Å². The van der Waals surface area contributed by atoms with Crippen LogP contribution in [-0.2, 0) is 4.79 Å². The molecule has 0 saturated heterocycles. The number of nitrogens with zero attached hydrogens (tertiary/aromatic N) is 3. The summed E-state index contributed by atoms with van der Waals surface area (Å²) >= 11 is 1.23. The van der Waals surface area contributed by atoms with Gasteiger partial charge < -0.3 is 40.2 Å². The largest absolute Gasteiger partial charge is 0.493 e. The molecule has 1 atom stereocenters. The SMILES string of the molecule is COc1cc(Nc2nc(N)c(-c3nc(-c4cc(NC(=O)C(O)C(C)(C)C)ccc4C)no3)s2)cc(OC)c1OC. The summed E-state index contributed by atoms with van der Waals surface area (Å²) in [7, 11) is 4.60. The van der Waals surface area contributed by atoms with Gasteiger partial charge in [0.05, 0.1) is 21.3 Å². The van der Waals surface area contributed by atoms with E-state index in [1.165, 1.54) is 32.7 Å². The Morgan fingerprint density at radius 2 is 1.73 bits per heavy atom. The number of thiazole rings is 1. The summed E-state index contributed by atoms with van der Waals surface area (Å²) in [6.07, 6.45) is -1.17. The lowest BCUT2D eigenvalue weighted by Gasteiger charge is -2.24. The molecule has 4 aromatic rings. The van der Waals surface area contributed by atoms with Crippen LogP contribution in [0.5, 0.6) is 17.2 Å². The van der Waals surface area contributed by atoms with E-state index < -0.39 is 17.4 Å². The number of aryl methyl sites for hydroxylation is 1. The van der Waals surface area contributed by atoms with Gasteiger partial charge in [-0.15, -0.1) is 0 Å². The molecule has 1 amide bonds. The fraction of sp³-hybridized carbons (Fsp3) is 0.333. The first kappa shape index (κ1) is 28.6. The summed E-state index contributed by atoms with van der Waals surface area (Å²) < 4.78 is 21.7. The first-order valence-corrected chi connectivity index (χ1v) is 13.0. The zero-order chi connectivity index (χ0) is 29.2. The highest BCUT2D eigenvalue weighted by Crippen LogP contribution is 2.42. The third-order valence-corrected chi connectivity index (χ3v) is 6.98. The van der Waals surface area contributed by atoms with E-state index >= 15 is 0 Å². The van der Waals surface area contributed by atoms with Crippen molar-refractivity contribution in [3.05, 3.63) is 35.9 Å². The highest BCUT2D eigenvalue weighted by atomic mass is 32.1. The van der Waals surface area contributed by atoms with Gasteiger partial charge in [0.2, 0.25) is 11.6 Å². The number of amides is 1. The number of aliphatic hydroxyl groups excluding tert-OH is 1. The Kier molecular flexibility index (Phi) is 8.16. The minimum absolute atomic E-state index is 0.194. The summed E-state index contributed by atoms with van der Waals surface area (Å²) in [5.74, 6) is 1.66. The topological polar surface area (TPSA) is 167 Å². The van der Waals surface area contributed by atoms with Crippen LogP contribution in [0.3, 0.4) is 0 Å². The Morgan fingerprint density at radius 1 is 1.05 bits per heavy atom. The van der Waals surface area contributed by atoms with Crippen molar-refractivity contribution in [2.24, 2.45) is 5.41 Å². The van der Waals surface area contributed by atoms with Crippen LogP contribution in [0, 0.1) is 12.3 Å². The molecule has 40 heavy (non-hydrogen) atoms. The number of aromatic nitrogens is 3. The van der Waals surface area contributed by atoms with Crippen molar-refractivity contribution in [3.8, 4) is 39.4 Å². The molecule has 0 aliphatic heterocycles. The lowest BCUT2D eigenvalue weighted by molar-refractivity contribution is -0.129. The van der Waals surface area contributed by atoms with Gasteiger partial charge in [0.1, 0.15) is 16.8 Å². The van der Waals surface area contributed by atoms with Gasteiger partial charge in [-0.3, -0.25) is 4.79 Å². The lowest BCUT2D eigenvalue weighted by Crippen LogP contribution is -2.38. The molecule has 1 unspecified atom stereocenters. The van der Waals surface area contributed by atoms with Crippen LogP contribution in [0.1, 0.15) is 26.3 Å². The van der Waals surface area contributed by atoms with Gasteiger partial charge in [-0.25, -0.2) is 4.98 Å². The van der Waals surface area contributed by atoms with Gasteiger partial charge in [-0.1, -0.05) is 43.3 Å². The van der Waals surface area contributed by atoms with Crippen molar-refractivity contribution in [2.75, 3.05) is 37.7 Å². The number of rotatable bonds is 9. The fourth-order valence-corrected chi connectivity index (χ4v) is 4.61. The summed E-state index contributed by atoms with van der Waals surface area (Å²) in [5, 5.41) is 20.8. The lowest BCUT2D eigenvalue weighted by atomic mass is 9.88. The Labute approximate surface area is 235 Å². The standard InChI is InChI=1S/C27H32N6O6S/c1-13-8-9-14(29-24(35)21(34)27(2,3)4)10-16(13)23-32-25(39-33-23)20-22(28)31-26(40-20)30-15-11-17(36-5)19(38-7)18(12-15)37-6/h8-12,21,34H,28H2,1-7H3,(H,29,35)(H,30,31). The molecule has 0 fully saturated rings. The number of anilines is 4. The number of ether oxygens (including phenoxy) is 3. The molecule has 2 aromatic heterocycles. The highest BCUT2D eigenvalue weighted by molar-refractivity contribution is 7.19. The van der Waals surface area contributed by atoms with Crippen molar-refractivity contribution in [2.45, 2.75) is 33.8 Å². The maximum absolute atomic E-state index is 12.5. The van der Waals surface area contributed by atoms with Gasteiger partial charge in [0, 0.05) is 29.1 Å². The van der Waals surface area contributed by atoms with Gasteiger partial charge in [0.25, 0.3) is 11.8 Å². The normalized spacial score (nSPS) is 12.1. The molecule has 5 N–H and O–H groups in total. The monoisotopic (exact) mass is 568 g/mol. The van der Waals surface area contributed by atoms with E-state index in [4.69, 9.17) is 24.5 Å². The number of carbonyl (C=O) groups is 1. The van der Waals surface area contributed by atoms with Crippen molar-refractivity contribution in [1.82, 2.24) is 15.1 Å². The molecular weight excluding hydrogens is 536 g/mol. The van der Waals surface area contributed by atoms with Gasteiger partial charge in [0.15, 0.2) is 16.6 Å². The Hall–Kier alpha value is -4.36. The summed E-state index contributed by atoms with van der Waals surface area (Å²) in [6, 6.07) is 8.79. The minimum atomic E-state index is -1.17. The molecule has 0 bridgehead atoms. The number of hydrogen-bond acceptors (Lipinski definition) is 12. The summed E-state index contributed by atoms with van der Waals surface area (Å²) in [6.45, 7) is 7.25. The van der Waals surface area contributed by atoms with Gasteiger partial charge >= 0.3 is 0 Å². The molecule has 4 rings (SSSR count). The molecule has 12 nitrogen and oxygen atoms in total. The minimum Gasteiger partial charge on any atom is -0.493 e. The number of hydrogen-bond donors (Lipinski definition) is 4. The molecule has 0 aliphatic carbocycles. The molecule has 2 heterocycles. The molecular formula is C27H32N6O6S. The van der Waals surface area contributed by atoms with E-state index in [9.17, 15) is 9.90 Å². The number of carbonyl (C=O) groups excluding carboxylic acids is 1. The Bertz CT molecular complexity index is 1500. The summed E-state index contributed by atoms with van der Waals surface area (Å²) in [5.41, 5.74) is 8.25. The zero-order valence-electron chi connectivity index (χ0n) is 23.3. The van der Waals surface area contributed by atoms with Crippen LogP contribution >= 0.6 is 11.3 Å². The Balaban J connectivity index is 1.58.